The molecule has 0 amide bonds. The monoisotopic (exact) mass is 271 g/mol. The highest BCUT2D eigenvalue weighted by Crippen LogP contribution is 2.31. The fraction of sp³-hybridized carbons (Fsp3) is 0.500. The van der Waals surface area contributed by atoms with Crippen molar-refractivity contribution >= 4 is 21.6 Å². The fourth-order valence-electron chi connectivity index (χ4n) is 1.98. The largest absolute Gasteiger partial charge is 0.371 e. The van der Waals surface area contributed by atoms with Crippen LogP contribution in [0.15, 0.2) is 18.2 Å². The smallest absolute Gasteiger partial charge is 0.123 e. The van der Waals surface area contributed by atoms with E-state index in [0.29, 0.717) is 11.4 Å². The average Bonchev–Trinajstić information content (AvgIpc) is 2.14. The summed E-state index contributed by atoms with van der Waals surface area (Å²) in [6, 6.07) is 5.67. The van der Waals surface area contributed by atoms with E-state index in [0.717, 1.165) is 11.3 Å². The molecule has 0 saturated heterocycles. The van der Waals surface area contributed by atoms with E-state index in [1.807, 2.05) is 6.07 Å². The SMILES string of the molecule is CN(c1ccc(F)cc1CBr)C1CCC1. The quantitative estimate of drug-likeness (QED) is 0.758. The molecule has 0 heterocycles. The van der Waals surface area contributed by atoms with Crippen LogP contribution in [0.1, 0.15) is 24.8 Å². The predicted molar refractivity (Wildman–Crippen MR) is 65.1 cm³/mol. The third-order valence-corrected chi connectivity index (χ3v) is 3.79. The molecule has 1 nitrogen and oxygen atoms in total. The number of rotatable bonds is 3. The minimum Gasteiger partial charge on any atom is -0.371 e. The van der Waals surface area contributed by atoms with Gasteiger partial charge in [0.1, 0.15) is 5.82 Å². The minimum absolute atomic E-state index is 0.157. The first-order chi connectivity index (χ1) is 7.22. The fourth-order valence-corrected chi connectivity index (χ4v) is 2.43. The molecular weight excluding hydrogens is 257 g/mol. The van der Waals surface area contributed by atoms with Gasteiger partial charge < -0.3 is 4.90 Å². The molecule has 0 aromatic heterocycles. The van der Waals surface area contributed by atoms with Crippen LogP contribution in [0.3, 0.4) is 0 Å². The Morgan fingerprint density at radius 3 is 2.73 bits per heavy atom. The number of nitrogens with zero attached hydrogens (tertiary/aromatic N) is 1. The van der Waals surface area contributed by atoms with E-state index in [2.05, 4.69) is 27.9 Å². The van der Waals surface area contributed by atoms with Crippen molar-refractivity contribution in [1.29, 1.82) is 0 Å². The zero-order chi connectivity index (χ0) is 10.8. The summed E-state index contributed by atoms with van der Waals surface area (Å²) in [5.41, 5.74) is 2.18. The molecule has 1 aromatic rings. The van der Waals surface area contributed by atoms with Gasteiger partial charge in [0.25, 0.3) is 0 Å². The molecule has 1 aliphatic rings. The van der Waals surface area contributed by atoms with Gasteiger partial charge in [0.15, 0.2) is 0 Å². The zero-order valence-corrected chi connectivity index (χ0v) is 10.4. The van der Waals surface area contributed by atoms with Crippen molar-refractivity contribution in [3.63, 3.8) is 0 Å². The Morgan fingerprint density at radius 2 is 2.20 bits per heavy atom. The van der Waals surface area contributed by atoms with Crippen LogP contribution >= 0.6 is 15.9 Å². The number of anilines is 1. The van der Waals surface area contributed by atoms with Crippen LogP contribution in [0, 0.1) is 5.82 Å². The van der Waals surface area contributed by atoms with Gasteiger partial charge in [0.05, 0.1) is 0 Å². The van der Waals surface area contributed by atoms with Crippen LogP contribution in [0.4, 0.5) is 10.1 Å². The highest BCUT2D eigenvalue weighted by Gasteiger charge is 2.23. The van der Waals surface area contributed by atoms with Gasteiger partial charge in [0, 0.05) is 24.1 Å². The summed E-state index contributed by atoms with van der Waals surface area (Å²) in [5.74, 6) is -0.157. The molecule has 3 heteroatoms. The first kappa shape index (κ1) is 10.9. The molecule has 0 atom stereocenters. The minimum atomic E-state index is -0.157. The Labute approximate surface area is 98.4 Å². The van der Waals surface area contributed by atoms with Gasteiger partial charge in [-0.1, -0.05) is 15.9 Å². The molecule has 82 valence electrons. The summed E-state index contributed by atoms with van der Waals surface area (Å²) in [4.78, 5) is 2.28. The standard InChI is InChI=1S/C12H15BrFN/c1-15(11-3-2-4-11)12-6-5-10(14)7-9(12)8-13/h5-7,11H,2-4,8H2,1H3. The Kier molecular flexibility index (Phi) is 3.29. The second kappa shape index (κ2) is 4.52. The van der Waals surface area contributed by atoms with Gasteiger partial charge in [-0.25, -0.2) is 4.39 Å². The second-order valence-electron chi connectivity index (χ2n) is 4.10. The van der Waals surface area contributed by atoms with Crippen molar-refractivity contribution in [3.05, 3.63) is 29.6 Å². The number of halogens is 2. The van der Waals surface area contributed by atoms with E-state index >= 15 is 0 Å². The first-order valence-electron chi connectivity index (χ1n) is 5.29. The number of hydrogen-bond donors (Lipinski definition) is 0. The van der Waals surface area contributed by atoms with Crippen LogP contribution in [0.5, 0.6) is 0 Å². The van der Waals surface area contributed by atoms with E-state index in [1.165, 1.54) is 25.3 Å². The van der Waals surface area contributed by atoms with Crippen molar-refractivity contribution < 1.29 is 4.39 Å². The van der Waals surface area contributed by atoms with Crippen LogP contribution in [0.2, 0.25) is 0 Å². The van der Waals surface area contributed by atoms with Crippen molar-refractivity contribution in [2.75, 3.05) is 11.9 Å². The lowest BCUT2D eigenvalue weighted by Crippen LogP contribution is -2.37. The first-order valence-corrected chi connectivity index (χ1v) is 6.41. The molecular formula is C12H15BrFN. The van der Waals surface area contributed by atoms with Crippen LogP contribution in [-0.4, -0.2) is 13.1 Å². The van der Waals surface area contributed by atoms with Crippen molar-refractivity contribution in [3.8, 4) is 0 Å². The molecule has 0 N–H and O–H groups in total. The van der Waals surface area contributed by atoms with Gasteiger partial charge in [-0.05, 0) is 43.0 Å². The third-order valence-electron chi connectivity index (χ3n) is 3.19. The Hall–Kier alpha value is -0.570. The summed E-state index contributed by atoms with van der Waals surface area (Å²) < 4.78 is 13.1. The lowest BCUT2D eigenvalue weighted by Gasteiger charge is -2.37. The van der Waals surface area contributed by atoms with Gasteiger partial charge >= 0.3 is 0 Å². The molecule has 2 rings (SSSR count). The van der Waals surface area contributed by atoms with E-state index in [1.54, 1.807) is 6.07 Å². The maximum absolute atomic E-state index is 13.1. The predicted octanol–water partition coefficient (Wildman–Crippen LogP) is 3.71. The molecule has 1 aromatic carbocycles. The molecule has 1 aliphatic carbocycles. The van der Waals surface area contributed by atoms with E-state index in [9.17, 15) is 4.39 Å². The van der Waals surface area contributed by atoms with Gasteiger partial charge in [-0.2, -0.15) is 0 Å². The van der Waals surface area contributed by atoms with E-state index < -0.39 is 0 Å². The average molecular weight is 272 g/mol. The van der Waals surface area contributed by atoms with Crippen LogP contribution in [0.25, 0.3) is 0 Å². The summed E-state index contributed by atoms with van der Waals surface area (Å²) >= 11 is 3.41. The number of hydrogen-bond acceptors (Lipinski definition) is 1. The number of benzene rings is 1. The summed E-state index contributed by atoms with van der Waals surface area (Å²) in [6.45, 7) is 0. The molecule has 1 saturated carbocycles. The van der Waals surface area contributed by atoms with E-state index in [-0.39, 0.29) is 5.82 Å². The summed E-state index contributed by atoms with van der Waals surface area (Å²) in [6.07, 6.45) is 3.84. The second-order valence-corrected chi connectivity index (χ2v) is 4.66. The lowest BCUT2D eigenvalue weighted by molar-refractivity contribution is 0.400. The van der Waals surface area contributed by atoms with Crippen molar-refractivity contribution in [1.82, 2.24) is 0 Å². The van der Waals surface area contributed by atoms with Crippen LogP contribution in [-0.2, 0) is 5.33 Å². The Bertz CT molecular complexity index is 349. The molecule has 1 fully saturated rings. The van der Waals surface area contributed by atoms with Crippen molar-refractivity contribution in [2.24, 2.45) is 0 Å². The topological polar surface area (TPSA) is 3.24 Å². The molecule has 0 spiro atoms. The van der Waals surface area contributed by atoms with Crippen LogP contribution < -0.4 is 4.90 Å². The van der Waals surface area contributed by atoms with E-state index in [4.69, 9.17) is 0 Å². The maximum Gasteiger partial charge on any atom is 0.123 e. The molecule has 0 bridgehead atoms. The summed E-state index contributed by atoms with van der Waals surface area (Å²) in [7, 11) is 2.10. The highest BCUT2D eigenvalue weighted by molar-refractivity contribution is 9.08. The van der Waals surface area contributed by atoms with Gasteiger partial charge in [0.2, 0.25) is 0 Å². The molecule has 15 heavy (non-hydrogen) atoms. The highest BCUT2D eigenvalue weighted by atomic mass is 79.9. The molecule has 0 radical (unpaired) electrons. The zero-order valence-electron chi connectivity index (χ0n) is 8.84. The maximum atomic E-state index is 13.1. The number of alkyl halides is 1. The van der Waals surface area contributed by atoms with Gasteiger partial charge in [-0.15, -0.1) is 0 Å². The summed E-state index contributed by atoms with van der Waals surface area (Å²) in [5, 5.41) is 0.706. The lowest BCUT2D eigenvalue weighted by atomic mass is 9.91. The Morgan fingerprint density at radius 1 is 1.47 bits per heavy atom. The normalized spacial score (nSPS) is 16.2. The van der Waals surface area contributed by atoms with Gasteiger partial charge in [-0.3, -0.25) is 0 Å². The molecule has 0 aliphatic heterocycles. The Balaban J connectivity index is 2.25. The third kappa shape index (κ3) is 2.17. The molecule has 0 unspecified atom stereocenters. The van der Waals surface area contributed by atoms with Crippen molar-refractivity contribution in [2.45, 2.75) is 30.6 Å².